The number of hydrogen-bond donors (Lipinski definition) is 0. The van der Waals surface area contributed by atoms with E-state index in [0.29, 0.717) is 41.1 Å². The van der Waals surface area contributed by atoms with Crippen LogP contribution in [-0.4, -0.2) is 37.5 Å². The second kappa shape index (κ2) is 8.23. The molecule has 4 rings (SSSR count). The predicted molar refractivity (Wildman–Crippen MR) is 104 cm³/mol. The molecule has 0 aliphatic carbocycles. The van der Waals surface area contributed by atoms with E-state index in [0.717, 1.165) is 4.88 Å². The number of rotatable bonds is 7. The van der Waals surface area contributed by atoms with Crippen molar-refractivity contribution in [1.29, 1.82) is 0 Å². The first kappa shape index (κ1) is 18.8. The molecular formula is C19H17N5O4S. The van der Waals surface area contributed by atoms with Gasteiger partial charge < -0.3 is 13.9 Å². The number of esters is 1. The lowest BCUT2D eigenvalue weighted by molar-refractivity contribution is 0.0467. The van der Waals surface area contributed by atoms with Crippen molar-refractivity contribution in [3.05, 3.63) is 59.1 Å². The molecule has 0 unspecified atom stereocenters. The smallest absolute Gasteiger partial charge is 0.342 e. The van der Waals surface area contributed by atoms with Gasteiger partial charge in [0.1, 0.15) is 24.1 Å². The van der Waals surface area contributed by atoms with Crippen LogP contribution in [0.4, 0.5) is 0 Å². The van der Waals surface area contributed by atoms with E-state index in [4.69, 9.17) is 13.9 Å². The van der Waals surface area contributed by atoms with Crippen LogP contribution in [0.15, 0.2) is 46.5 Å². The molecule has 10 heteroatoms. The van der Waals surface area contributed by atoms with Crippen LogP contribution in [0.5, 0.6) is 5.88 Å². The van der Waals surface area contributed by atoms with Crippen molar-refractivity contribution in [2.24, 2.45) is 0 Å². The number of nitrogens with zero attached hydrogens (tertiary/aromatic N) is 5. The van der Waals surface area contributed by atoms with Crippen LogP contribution >= 0.6 is 11.3 Å². The largest absolute Gasteiger partial charge is 0.477 e. The lowest BCUT2D eigenvalue weighted by atomic mass is 10.2. The van der Waals surface area contributed by atoms with E-state index in [-0.39, 0.29) is 6.61 Å². The number of thiophene rings is 1. The molecule has 0 spiro atoms. The summed E-state index contributed by atoms with van der Waals surface area (Å²) in [6.45, 7) is 4.13. The number of oxazole rings is 1. The molecule has 29 heavy (non-hydrogen) atoms. The summed E-state index contributed by atoms with van der Waals surface area (Å²) in [4.78, 5) is 17.7. The van der Waals surface area contributed by atoms with Gasteiger partial charge in [-0.05, 0) is 31.4 Å². The highest BCUT2D eigenvalue weighted by Gasteiger charge is 2.18. The molecule has 0 aromatic carbocycles. The summed E-state index contributed by atoms with van der Waals surface area (Å²) in [5, 5.41) is 14.2. The van der Waals surface area contributed by atoms with Crippen molar-refractivity contribution >= 4 is 17.3 Å². The minimum atomic E-state index is -0.506. The van der Waals surface area contributed by atoms with Gasteiger partial charge in [-0.2, -0.15) is 5.10 Å². The average molecular weight is 411 g/mol. The van der Waals surface area contributed by atoms with Gasteiger partial charge in [-0.3, -0.25) is 0 Å². The highest BCUT2D eigenvalue weighted by atomic mass is 32.1. The molecule has 148 valence electrons. The van der Waals surface area contributed by atoms with Gasteiger partial charge in [0, 0.05) is 6.07 Å². The van der Waals surface area contributed by atoms with Crippen molar-refractivity contribution in [3.63, 3.8) is 0 Å². The second-order valence-corrected chi connectivity index (χ2v) is 6.86. The van der Waals surface area contributed by atoms with E-state index in [1.165, 1.54) is 28.5 Å². The predicted octanol–water partition coefficient (Wildman–Crippen LogP) is 3.44. The Hall–Kier alpha value is -3.53. The monoisotopic (exact) mass is 411 g/mol. The Morgan fingerprint density at radius 3 is 2.90 bits per heavy atom. The van der Waals surface area contributed by atoms with Gasteiger partial charge in [0.2, 0.25) is 11.8 Å². The first-order valence-corrected chi connectivity index (χ1v) is 9.70. The Morgan fingerprint density at radius 2 is 2.17 bits per heavy atom. The molecule has 0 bridgehead atoms. The van der Waals surface area contributed by atoms with E-state index >= 15 is 0 Å². The molecule has 0 amide bonds. The molecule has 9 nitrogen and oxygen atoms in total. The van der Waals surface area contributed by atoms with Gasteiger partial charge in [-0.15, -0.1) is 21.5 Å². The maximum Gasteiger partial charge on any atom is 0.342 e. The Labute approximate surface area is 169 Å². The highest BCUT2D eigenvalue weighted by molar-refractivity contribution is 7.13. The minimum absolute atomic E-state index is 0.00118. The van der Waals surface area contributed by atoms with E-state index in [9.17, 15) is 4.79 Å². The average Bonchev–Trinajstić information content (AvgIpc) is 3.48. The molecule has 0 aliphatic rings. The molecule has 4 heterocycles. The third-order valence-electron chi connectivity index (χ3n) is 4.00. The van der Waals surface area contributed by atoms with Crippen molar-refractivity contribution in [2.45, 2.75) is 20.5 Å². The highest BCUT2D eigenvalue weighted by Crippen LogP contribution is 2.24. The quantitative estimate of drug-likeness (QED) is 0.426. The Kier molecular flexibility index (Phi) is 5.34. The minimum Gasteiger partial charge on any atom is -0.477 e. The summed E-state index contributed by atoms with van der Waals surface area (Å²) in [5.41, 5.74) is 1.46. The van der Waals surface area contributed by atoms with Gasteiger partial charge >= 0.3 is 5.97 Å². The summed E-state index contributed by atoms with van der Waals surface area (Å²) in [6, 6.07) is 7.24. The van der Waals surface area contributed by atoms with Gasteiger partial charge in [0.25, 0.3) is 0 Å². The Balaban J connectivity index is 1.43. The fourth-order valence-corrected chi connectivity index (χ4v) is 3.25. The van der Waals surface area contributed by atoms with E-state index < -0.39 is 5.97 Å². The number of carbonyl (C=O) groups excluding carboxylic acids is 1. The van der Waals surface area contributed by atoms with Crippen LogP contribution in [0, 0.1) is 6.92 Å². The van der Waals surface area contributed by atoms with Crippen LogP contribution in [0.1, 0.15) is 28.7 Å². The normalized spacial score (nSPS) is 10.8. The first-order valence-electron chi connectivity index (χ1n) is 8.82. The van der Waals surface area contributed by atoms with Crippen LogP contribution in [0.3, 0.4) is 0 Å². The van der Waals surface area contributed by atoms with Gasteiger partial charge in [0.15, 0.2) is 5.82 Å². The molecule has 0 radical (unpaired) electrons. The maximum atomic E-state index is 12.5. The number of ether oxygens (including phenoxy) is 2. The molecule has 0 atom stereocenters. The topological polar surface area (TPSA) is 105 Å². The van der Waals surface area contributed by atoms with Crippen molar-refractivity contribution < 1.29 is 18.7 Å². The van der Waals surface area contributed by atoms with Crippen LogP contribution in [-0.2, 0) is 11.3 Å². The molecule has 0 saturated heterocycles. The fraction of sp³-hybridized carbons (Fsp3) is 0.211. The zero-order valence-electron chi connectivity index (χ0n) is 15.7. The summed E-state index contributed by atoms with van der Waals surface area (Å²) in [6.07, 6.45) is 2.92. The summed E-state index contributed by atoms with van der Waals surface area (Å²) < 4.78 is 17.6. The third kappa shape index (κ3) is 4.02. The zero-order chi connectivity index (χ0) is 20.2. The SMILES string of the molecule is CCOc1ccc(-n2ncc(C(=O)OCc3coc(-c4cccs4)n3)c2C)nn1. The van der Waals surface area contributed by atoms with Crippen molar-refractivity contribution in [3.8, 4) is 22.5 Å². The zero-order valence-corrected chi connectivity index (χ0v) is 16.5. The summed E-state index contributed by atoms with van der Waals surface area (Å²) in [7, 11) is 0. The molecule has 0 saturated carbocycles. The van der Waals surface area contributed by atoms with Crippen LogP contribution in [0.2, 0.25) is 0 Å². The van der Waals surface area contributed by atoms with Crippen molar-refractivity contribution in [1.82, 2.24) is 25.0 Å². The Morgan fingerprint density at radius 1 is 1.28 bits per heavy atom. The number of carbonyl (C=O) groups is 1. The van der Waals surface area contributed by atoms with E-state index in [1.54, 1.807) is 19.1 Å². The van der Waals surface area contributed by atoms with Crippen LogP contribution < -0.4 is 4.74 Å². The molecular weight excluding hydrogens is 394 g/mol. The van der Waals surface area contributed by atoms with E-state index in [1.807, 2.05) is 24.4 Å². The third-order valence-corrected chi connectivity index (χ3v) is 4.86. The molecule has 4 aromatic rings. The first-order chi connectivity index (χ1) is 14.2. The number of aromatic nitrogens is 5. The van der Waals surface area contributed by atoms with Crippen LogP contribution in [0.25, 0.3) is 16.6 Å². The number of hydrogen-bond acceptors (Lipinski definition) is 9. The van der Waals surface area contributed by atoms with Gasteiger partial charge in [-0.1, -0.05) is 6.07 Å². The van der Waals surface area contributed by atoms with E-state index in [2.05, 4.69) is 20.3 Å². The summed E-state index contributed by atoms with van der Waals surface area (Å²) in [5.74, 6) is 0.898. The molecule has 4 aromatic heterocycles. The second-order valence-electron chi connectivity index (χ2n) is 5.92. The molecule has 0 fully saturated rings. The summed E-state index contributed by atoms with van der Waals surface area (Å²) >= 11 is 1.52. The van der Waals surface area contributed by atoms with Crippen molar-refractivity contribution in [2.75, 3.05) is 6.61 Å². The molecule has 0 aliphatic heterocycles. The lowest BCUT2D eigenvalue weighted by Gasteiger charge is -2.05. The maximum absolute atomic E-state index is 12.5. The Bertz CT molecular complexity index is 1100. The molecule has 0 N–H and O–H groups in total. The fourth-order valence-electron chi connectivity index (χ4n) is 2.60. The standard InChI is InChI=1S/C19H17N5O4S/c1-3-26-17-7-6-16(22-23-17)24-12(2)14(9-20-24)19(25)28-11-13-10-27-18(21-13)15-5-4-8-29-15/h4-10H,3,11H2,1-2H3. The van der Waals surface area contributed by atoms with Gasteiger partial charge in [-0.25, -0.2) is 14.5 Å². The lowest BCUT2D eigenvalue weighted by Crippen LogP contribution is -2.08. The van der Waals surface area contributed by atoms with Gasteiger partial charge in [0.05, 0.1) is 23.4 Å².